The Bertz CT molecular complexity index is 2230. The molecule has 8 rings (SSSR count). The summed E-state index contributed by atoms with van der Waals surface area (Å²) >= 11 is 0. The van der Waals surface area contributed by atoms with Crippen LogP contribution in [0.2, 0.25) is 0 Å². The first-order valence-electron chi connectivity index (χ1n) is 14.3. The van der Waals surface area contributed by atoms with E-state index in [0.29, 0.717) is 0 Å². The molecule has 0 aromatic heterocycles. The maximum absolute atomic E-state index is 15.4. The lowest BCUT2D eigenvalue weighted by Gasteiger charge is -2.23. The molecule has 0 radical (unpaired) electrons. The fourth-order valence-electron chi connectivity index (χ4n) is 6.68. The van der Waals surface area contributed by atoms with Crippen LogP contribution in [-0.4, -0.2) is 0 Å². The molecule has 0 aliphatic heterocycles. The van der Waals surface area contributed by atoms with E-state index >= 15 is 4.57 Å². The molecule has 0 fully saturated rings. The Balaban J connectivity index is 1.47. The first kappa shape index (κ1) is 24.8. The summed E-state index contributed by atoms with van der Waals surface area (Å²) in [6, 6.07) is 56.7. The molecule has 198 valence electrons. The Morgan fingerprint density at radius 1 is 0.310 bits per heavy atom. The van der Waals surface area contributed by atoms with Gasteiger partial charge in [-0.15, -0.1) is 0 Å². The fourth-order valence-corrected chi connectivity index (χ4v) is 9.53. The monoisotopic (exact) mass is 554 g/mol. The predicted molar refractivity (Wildman–Crippen MR) is 181 cm³/mol. The van der Waals surface area contributed by atoms with Gasteiger partial charge >= 0.3 is 0 Å². The summed E-state index contributed by atoms with van der Waals surface area (Å²) < 4.78 is 15.4. The average molecular weight is 555 g/mol. The molecule has 8 aromatic rings. The van der Waals surface area contributed by atoms with Gasteiger partial charge in [0.25, 0.3) is 0 Å². The van der Waals surface area contributed by atoms with Gasteiger partial charge in [-0.25, -0.2) is 0 Å². The van der Waals surface area contributed by atoms with Crippen LogP contribution in [0.25, 0.3) is 54.2 Å². The van der Waals surface area contributed by atoms with Gasteiger partial charge in [-0.2, -0.15) is 0 Å². The van der Waals surface area contributed by atoms with Crippen molar-refractivity contribution in [2.75, 3.05) is 0 Å². The maximum atomic E-state index is 15.4. The minimum absolute atomic E-state index is 0.844. The van der Waals surface area contributed by atoms with E-state index in [1.54, 1.807) is 0 Å². The van der Waals surface area contributed by atoms with Gasteiger partial charge in [0, 0.05) is 15.9 Å². The van der Waals surface area contributed by atoms with Crippen LogP contribution in [0, 0.1) is 0 Å². The summed E-state index contributed by atoms with van der Waals surface area (Å²) in [6.45, 7) is 0. The van der Waals surface area contributed by atoms with E-state index in [1.807, 2.05) is 60.7 Å². The normalized spacial score (nSPS) is 11.9. The van der Waals surface area contributed by atoms with E-state index in [0.717, 1.165) is 32.2 Å². The molecular weight excluding hydrogens is 527 g/mol. The molecule has 0 heterocycles. The number of fused-ring (bicyclic) bond motifs is 7. The van der Waals surface area contributed by atoms with Gasteiger partial charge in [0.15, 0.2) is 7.14 Å². The molecule has 0 aliphatic carbocycles. The second-order valence-corrected chi connectivity index (χ2v) is 13.5. The molecule has 0 bridgehead atoms. The van der Waals surface area contributed by atoms with E-state index in [1.165, 1.54) is 37.9 Å². The van der Waals surface area contributed by atoms with Crippen LogP contribution in [-0.2, 0) is 4.57 Å². The van der Waals surface area contributed by atoms with Crippen LogP contribution >= 0.6 is 7.14 Å². The van der Waals surface area contributed by atoms with Gasteiger partial charge in [0.1, 0.15) is 0 Å². The number of rotatable bonds is 4. The highest BCUT2D eigenvalue weighted by Crippen LogP contribution is 2.47. The number of hydrogen-bond acceptors (Lipinski definition) is 1. The van der Waals surface area contributed by atoms with Crippen LogP contribution in [0.5, 0.6) is 0 Å². The Kier molecular flexibility index (Phi) is 5.81. The molecule has 0 N–H and O–H groups in total. The largest absolute Gasteiger partial charge is 0.309 e. The van der Waals surface area contributed by atoms with Crippen molar-refractivity contribution >= 4 is 66.1 Å². The first-order valence-corrected chi connectivity index (χ1v) is 16.0. The van der Waals surface area contributed by atoms with E-state index in [4.69, 9.17) is 0 Å². The van der Waals surface area contributed by atoms with Crippen molar-refractivity contribution in [1.82, 2.24) is 0 Å². The van der Waals surface area contributed by atoms with Crippen LogP contribution in [0.4, 0.5) is 0 Å². The van der Waals surface area contributed by atoms with Crippen LogP contribution in [0.3, 0.4) is 0 Å². The predicted octanol–water partition coefficient (Wildman–Crippen LogP) is 9.61. The van der Waals surface area contributed by atoms with Crippen LogP contribution in [0.1, 0.15) is 0 Å². The number of hydrogen-bond donors (Lipinski definition) is 0. The second-order valence-electron chi connectivity index (χ2n) is 10.8. The second kappa shape index (κ2) is 9.84. The van der Waals surface area contributed by atoms with E-state index in [9.17, 15) is 0 Å². The summed E-state index contributed by atoms with van der Waals surface area (Å²) in [6.07, 6.45) is 0. The standard InChI is InChI=1S/C40H27OP/c41-42(28-14-3-1-4-15-28,29-16-5-2-6-17-29)39-27-26-34(31-19-9-11-22-35(31)39)38-25-13-24-37-33-20-8-7-18-30(33)32-21-10-12-23-36(32)40(37)38/h1-27H. The molecule has 0 spiro atoms. The lowest BCUT2D eigenvalue weighted by Crippen LogP contribution is -2.25. The van der Waals surface area contributed by atoms with Gasteiger partial charge in [-0.3, -0.25) is 0 Å². The quantitative estimate of drug-likeness (QED) is 0.156. The van der Waals surface area contributed by atoms with Crippen molar-refractivity contribution in [2.45, 2.75) is 0 Å². The molecule has 8 aromatic carbocycles. The third-order valence-corrected chi connectivity index (χ3v) is 11.7. The zero-order valence-electron chi connectivity index (χ0n) is 22.9. The lowest BCUT2D eigenvalue weighted by atomic mass is 9.88. The highest BCUT2D eigenvalue weighted by Gasteiger charge is 2.31. The van der Waals surface area contributed by atoms with Gasteiger partial charge in [-0.1, -0.05) is 158 Å². The summed E-state index contributed by atoms with van der Waals surface area (Å²) in [4.78, 5) is 0. The molecule has 0 saturated heterocycles. The summed E-state index contributed by atoms with van der Waals surface area (Å²) in [7, 11) is -3.15. The molecule has 0 saturated carbocycles. The SMILES string of the molecule is O=P(c1ccccc1)(c1ccccc1)c1ccc(-c2cccc3c4ccccc4c4ccccc4c23)c2ccccc12. The summed E-state index contributed by atoms with van der Waals surface area (Å²) in [5.41, 5.74) is 2.33. The van der Waals surface area contributed by atoms with Crippen molar-refractivity contribution in [3.8, 4) is 11.1 Å². The highest BCUT2D eigenvalue weighted by molar-refractivity contribution is 7.85. The van der Waals surface area contributed by atoms with Crippen molar-refractivity contribution < 1.29 is 4.57 Å². The van der Waals surface area contributed by atoms with Crippen LogP contribution in [0.15, 0.2) is 164 Å². The van der Waals surface area contributed by atoms with E-state index in [2.05, 4.69) is 103 Å². The first-order chi connectivity index (χ1) is 20.7. The Morgan fingerprint density at radius 3 is 1.31 bits per heavy atom. The van der Waals surface area contributed by atoms with Crippen molar-refractivity contribution in [1.29, 1.82) is 0 Å². The van der Waals surface area contributed by atoms with Crippen molar-refractivity contribution in [3.05, 3.63) is 164 Å². The zero-order valence-corrected chi connectivity index (χ0v) is 23.8. The van der Waals surface area contributed by atoms with Gasteiger partial charge < -0.3 is 4.57 Å². The Labute approximate surface area is 245 Å². The summed E-state index contributed by atoms with van der Waals surface area (Å²) in [5.74, 6) is 0. The molecule has 0 amide bonds. The third kappa shape index (κ3) is 3.68. The minimum atomic E-state index is -3.15. The van der Waals surface area contributed by atoms with E-state index < -0.39 is 7.14 Å². The molecule has 42 heavy (non-hydrogen) atoms. The van der Waals surface area contributed by atoms with Gasteiger partial charge in [-0.05, 0) is 60.3 Å². The molecule has 1 nitrogen and oxygen atoms in total. The molecule has 2 heteroatoms. The third-order valence-electron chi connectivity index (χ3n) is 8.54. The zero-order chi connectivity index (χ0) is 28.1. The average Bonchev–Trinajstić information content (AvgIpc) is 3.08. The van der Waals surface area contributed by atoms with Gasteiger partial charge in [0.05, 0.1) is 0 Å². The molecule has 0 aliphatic rings. The fraction of sp³-hybridized carbons (Fsp3) is 0. The van der Waals surface area contributed by atoms with Crippen molar-refractivity contribution in [3.63, 3.8) is 0 Å². The molecule has 0 unspecified atom stereocenters. The van der Waals surface area contributed by atoms with Crippen molar-refractivity contribution in [2.24, 2.45) is 0 Å². The highest BCUT2D eigenvalue weighted by atomic mass is 31.2. The van der Waals surface area contributed by atoms with E-state index in [-0.39, 0.29) is 0 Å². The minimum Gasteiger partial charge on any atom is -0.309 e. The summed E-state index contributed by atoms with van der Waals surface area (Å²) in [5, 5.41) is 12.2. The topological polar surface area (TPSA) is 17.1 Å². The lowest BCUT2D eigenvalue weighted by molar-refractivity contribution is 0.592. The maximum Gasteiger partial charge on any atom is 0.171 e. The smallest absolute Gasteiger partial charge is 0.171 e. The van der Waals surface area contributed by atoms with Crippen LogP contribution < -0.4 is 15.9 Å². The van der Waals surface area contributed by atoms with Gasteiger partial charge in [0.2, 0.25) is 0 Å². The molecular formula is C40H27OP. The molecule has 0 atom stereocenters. The Morgan fingerprint density at radius 2 is 0.738 bits per heavy atom. The number of benzene rings is 8. The Hall–Kier alpha value is -4.97.